The smallest absolute Gasteiger partial charge is 0.151 e. The second-order valence-electron chi connectivity index (χ2n) is 4.86. The molecule has 0 aliphatic heterocycles. The molecule has 1 heterocycles. The van der Waals surface area contributed by atoms with Crippen molar-refractivity contribution in [2.24, 2.45) is 7.05 Å². The third-order valence-corrected chi connectivity index (χ3v) is 3.47. The predicted octanol–water partition coefficient (Wildman–Crippen LogP) is 2.70. The number of hydrogen-bond donors (Lipinski definition) is 1. The number of aromatic nitrogens is 3. The molecule has 5 nitrogen and oxygen atoms in total. The fraction of sp³-hybridized carbons (Fsp3) is 0.467. The van der Waals surface area contributed by atoms with Crippen LogP contribution in [-0.2, 0) is 20.0 Å². The van der Waals surface area contributed by atoms with E-state index >= 15 is 0 Å². The summed E-state index contributed by atoms with van der Waals surface area (Å²) in [6.45, 7) is 4.46. The lowest BCUT2D eigenvalue weighted by Gasteiger charge is -2.12. The lowest BCUT2D eigenvalue weighted by atomic mass is 10.2. The minimum absolute atomic E-state index is 0.743. The van der Waals surface area contributed by atoms with Crippen molar-refractivity contribution in [1.82, 2.24) is 20.1 Å². The lowest BCUT2D eigenvalue weighted by Crippen LogP contribution is -2.18. The van der Waals surface area contributed by atoms with E-state index in [1.54, 1.807) is 11.0 Å². The molecule has 114 valence electrons. The van der Waals surface area contributed by atoms with E-state index in [2.05, 4.69) is 44.3 Å². The van der Waals surface area contributed by atoms with Gasteiger partial charge in [-0.15, -0.1) is 0 Å². The van der Waals surface area contributed by atoms with Gasteiger partial charge in [0.2, 0.25) is 0 Å². The van der Waals surface area contributed by atoms with Gasteiger partial charge in [0, 0.05) is 36.6 Å². The van der Waals surface area contributed by atoms with E-state index in [0.717, 1.165) is 54.1 Å². The summed E-state index contributed by atoms with van der Waals surface area (Å²) in [5.74, 6) is 1.81. The fourth-order valence-electron chi connectivity index (χ4n) is 1.96. The fourth-order valence-corrected chi connectivity index (χ4v) is 2.37. The minimum atomic E-state index is 0.743. The molecule has 1 N–H and O–H groups in total. The van der Waals surface area contributed by atoms with Crippen LogP contribution in [-0.4, -0.2) is 27.9 Å². The van der Waals surface area contributed by atoms with Crippen molar-refractivity contribution in [2.75, 3.05) is 13.2 Å². The molecule has 0 amide bonds. The Hall–Kier alpha value is -1.40. The van der Waals surface area contributed by atoms with E-state index in [0.29, 0.717) is 0 Å². The van der Waals surface area contributed by atoms with Crippen LogP contribution in [0.2, 0.25) is 0 Å². The Morgan fingerprint density at radius 2 is 2.24 bits per heavy atom. The van der Waals surface area contributed by atoms with Gasteiger partial charge in [-0.25, -0.2) is 4.98 Å². The lowest BCUT2D eigenvalue weighted by molar-refractivity contribution is 0.313. The summed E-state index contributed by atoms with van der Waals surface area (Å²) in [5, 5.41) is 7.67. The number of aryl methyl sites for hydroxylation is 1. The quantitative estimate of drug-likeness (QED) is 0.742. The van der Waals surface area contributed by atoms with E-state index < -0.39 is 0 Å². The second kappa shape index (κ2) is 8.14. The predicted molar refractivity (Wildman–Crippen MR) is 86.3 cm³/mol. The van der Waals surface area contributed by atoms with Gasteiger partial charge in [-0.2, -0.15) is 5.10 Å². The highest BCUT2D eigenvalue weighted by Crippen LogP contribution is 2.23. The Labute approximate surface area is 133 Å². The number of rotatable bonds is 8. The molecule has 0 radical (unpaired) electrons. The average Bonchev–Trinajstić information content (AvgIpc) is 2.88. The molecule has 0 bridgehead atoms. The molecule has 2 aromatic rings. The van der Waals surface area contributed by atoms with E-state index in [4.69, 9.17) is 4.74 Å². The molecule has 0 atom stereocenters. The highest BCUT2D eigenvalue weighted by molar-refractivity contribution is 9.10. The van der Waals surface area contributed by atoms with Crippen molar-refractivity contribution in [2.45, 2.75) is 26.3 Å². The summed E-state index contributed by atoms with van der Waals surface area (Å²) < 4.78 is 8.56. The maximum atomic E-state index is 5.77. The molecule has 21 heavy (non-hydrogen) atoms. The normalized spacial score (nSPS) is 10.8. The topological polar surface area (TPSA) is 52.0 Å². The van der Waals surface area contributed by atoms with E-state index in [9.17, 15) is 0 Å². The molecular formula is C15H21BrN4O. The van der Waals surface area contributed by atoms with Crippen molar-refractivity contribution in [3.8, 4) is 5.75 Å². The molecule has 0 aliphatic carbocycles. The molecule has 1 aromatic heterocycles. The summed E-state index contributed by atoms with van der Waals surface area (Å²) >= 11 is 3.51. The van der Waals surface area contributed by atoms with Gasteiger partial charge in [-0.3, -0.25) is 4.68 Å². The van der Waals surface area contributed by atoms with Crippen molar-refractivity contribution in [1.29, 1.82) is 0 Å². The standard InChI is InChI=1S/C15H21BrN4O/c1-3-8-21-14-5-4-13(16)9-12(14)10-17-7-6-15-18-11-20(2)19-15/h4-5,9,11,17H,3,6-8,10H2,1-2H3. The molecule has 0 spiro atoms. The first-order valence-corrected chi connectivity index (χ1v) is 7.94. The highest BCUT2D eigenvalue weighted by atomic mass is 79.9. The third-order valence-electron chi connectivity index (χ3n) is 2.97. The number of halogens is 1. The molecular weight excluding hydrogens is 332 g/mol. The average molecular weight is 353 g/mol. The summed E-state index contributed by atoms with van der Waals surface area (Å²) in [4.78, 5) is 4.21. The van der Waals surface area contributed by atoms with Gasteiger partial charge in [0.05, 0.1) is 6.61 Å². The SMILES string of the molecule is CCCOc1ccc(Br)cc1CNCCc1ncn(C)n1. The van der Waals surface area contributed by atoms with Gasteiger partial charge in [-0.05, 0) is 24.6 Å². The minimum Gasteiger partial charge on any atom is -0.493 e. The highest BCUT2D eigenvalue weighted by Gasteiger charge is 2.05. The second-order valence-corrected chi connectivity index (χ2v) is 5.78. The zero-order chi connectivity index (χ0) is 15.1. The number of hydrogen-bond acceptors (Lipinski definition) is 4. The van der Waals surface area contributed by atoms with Crippen LogP contribution < -0.4 is 10.1 Å². The molecule has 0 aliphatic rings. The van der Waals surface area contributed by atoms with Crippen LogP contribution in [0.5, 0.6) is 5.75 Å². The van der Waals surface area contributed by atoms with Gasteiger partial charge in [0.1, 0.15) is 12.1 Å². The molecule has 2 rings (SSSR count). The Balaban J connectivity index is 1.85. The maximum Gasteiger partial charge on any atom is 0.151 e. The van der Waals surface area contributed by atoms with Crippen LogP contribution in [0.3, 0.4) is 0 Å². The molecule has 0 saturated heterocycles. The van der Waals surface area contributed by atoms with E-state index in [-0.39, 0.29) is 0 Å². The van der Waals surface area contributed by atoms with Gasteiger partial charge in [-0.1, -0.05) is 22.9 Å². The van der Waals surface area contributed by atoms with Gasteiger partial charge in [0.25, 0.3) is 0 Å². The Kier molecular flexibility index (Phi) is 6.20. The van der Waals surface area contributed by atoms with Crippen LogP contribution in [0.1, 0.15) is 24.7 Å². The monoisotopic (exact) mass is 352 g/mol. The van der Waals surface area contributed by atoms with E-state index in [1.807, 2.05) is 19.2 Å². The number of benzene rings is 1. The van der Waals surface area contributed by atoms with Gasteiger partial charge >= 0.3 is 0 Å². The zero-order valence-electron chi connectivity index (χ0n) is 12.5. The van der Waals surface area contributed by atoms with Crippen molar-refractivity contribution < 1.29 is 4.74 Å². The summed E-state index contributed by atoms with van der Waals surface area (Å²) in [6, 6.07) is 6.11. The Morgan fingerprint density at radius 3 is 2.95 bits per heavy atom. The summed E-state index contributed by atoms with van der Waals surface area (Å²) in [5.41, 5.74) is 1.16. The van der Waals surface area contributed by atoms with Crippen LogP contribution in [0.15, 0.2) is 29.0 Å². The number of nitrogens with zero attached hydrogens (tertiary/aromatic N) is 3. The number of nitrogens with one attached hydrogen (secondary N) is 1. The summed E-state index contributed by atoms with van der Waals surface area (Å²) in [6.07, 6.45) is 3.55. The first kappa shape index (κ1) is 16.0. The van der Waals surface area contributed by atoms with Gasteiger partial charge in [0.15, 0.2) is 5.82 Å². The number of ether oxygens (including phenoxy) is 1. The molecule has 1 aromatic carbocycles. The first-order valence-electron chi connectivity index (χ1n) is 7.15. The molecule has 0 saturated carbocycles. The van der Waals surface area contributed by atoms with Crippen molar-refractivity contribution >= 4 is 15.9 Å². The summed E-state index contributed by atoms with van der Waals surface area (Å²) in [7, 11) is 1.88. The third kappa shape index (κ3) is 5.13. The molecule has 0 unspecified atom stereocenters. The molecule has 6 heteroatoms. The van der Waals surface area contributed by atoms with Crippen LogP contribution in [0.25, 0.3) is 0 Å². The zero-order valence-corrected chi connectivity index (χ0v) is 14.1. The molecule has 0 fully saturated rings. The van der Waals surface area contributed by atoms with Crippen molar-refractivity contribution in [3.05, 3.63) is 40.4 Å². The van der Waals surface area contributed by atoms with Crippen LogP contribution in [0.4, 0.5) is 0 Å². The van der Waals surface area contributed by atoms with Crippen molar-refractivity contribution in [3.63, 3.8) is 0 Å². The van der Waals surface area contributed by atoms with Crippen LogP contribution in [0, 0.1) is 0 Å². The Bertz CT molecular complexity index is 571. The van der Waals surface area contributed by atoms with Crippen LogP contribution >= 0.6 is 15.9 Å². The maximum absolute atomic E-state index is 5.77. The first-order chi connectivity index (χ1) is 10.2. The Morgan fingerprint density at radius 1 is 1.38 bits per heavy atom. The van der Waals surface area contributed by atoms with E-state index in [1.165, 1.54) is 0 Å². The largest absolute Gasteiger partial charge is 0.493 e. The van der Waals surface area contributed by atoms with Gasteiger partial charge < -0.3 is 10.1 Å².